The van der Waals surface area contributed by atoms with Crippen LogP contribution in [0.5, 0.6) is 0 Å². The Morgan fingerprint density at radius 1 is 1.05 bits per heavy atom. The van der Waals surface area contributed by atoms with Crippen LogP contribution in [0.3, 0.4) is 0 Å². The summed E-state index contributed by atoms with van der Waals surface area (Å²) in [5.41, 5.74) is 0. The molecule has 0 unspecified atom stereocenters. The van der Waals surface area contributed by atoms with Crippen LogP contribution >= 0.6 is 0 Å². The van der Waals surface area contributed by atoms with E-state index in [1.165, 1.54) is 20.0 Å². The number of alkyl carbamates (subject to hydrolysis) is 1. The first-order valence-electron chi connectivity index (χ1n) is 7.01. The fourth-order valence-corrected chi connectivity index (χ4v) is 2.26. The number of nitrogens with one attached hydrogen (secondary N) is 2. The predicted molar refractivity (Wildman–Crippen MR) is 73.7 cm³/mol. The molecule has 1 rings (SSSR count). The smallest absolute Gasteiger partial charge is 0.407 e. The number of carbonyl (C=O) groups is 2. The molecule has 1 aliphatic carbocycles. The SMILES string of the molecule is COC(=O)N[C@H](C(=O)N[C@H](C(C)C)C1CC1)C(C)C. The molecule has 0 aromatic rings. The Balaban J connectivity index is 2.62. The van der Waals surface area contributed by atoms with Gasteiger partial charge in [-0.15, -0.1) is 0 Å². The van der Waals surface area contributed by atoms with E-state index in [9.17, 15) is 9.59 Å². The first-order chi connectivity index (χ1) is 8.86. The minimum Gasteiger partial charge on any atom is -0.453 e. The Bertz CT molecular complexity index is 323. The van der Waals surface area contributed by atoms with Gasteiger partial charge in [-0.1, -0.05) is 27.7 Å². The van der Waals surface area contributed by atoms with Crippen LogP contribution in [0.2, 0.25) is 0 Å². The molecule has 19 heavy (non-hydrogen) atoms. The van der Waals surface area contributed by atoms with Crippen molar-refractivity contribution < 1.29 is 14.3 Å². The van der Waals surface area contributed by atoms with Gasteiger partial charge in [0, 0.05) is 6.04 Å². The number of methoxy groups -OCH3 is 1. The van der Waals surface area contributed by atoms with Crippen LogP contribution < -0.4 is 10.6 Å². The maximum Gasteiger partial charge on any atom is 0.407 e. The summed E-state index contributed by atoms with van der Waals surface area (Å²) in [7, 11) is 1.30. The molecule has 0 radical (unpaired) electrons. The summed E-state index contributed by atoms with van der Waals surface area (Å²) in [4.78, 5) is 23.6. The van der Waals surface area contributed by atoms with Crippen molar-refractivity contribution in [3.63, 3.8) is 0 Å². The standard InChI is InChI=1S/C14H26N2O3/c1-8(2)11(10-6-7-10)15-13(17)12(9(3)4)16-14(18)19-5/h8-12H,6-7H2,1-5H3,(H,15,17)(H,16,18)/t11-,12+/m1/s1. The number of hydrogen-bond acceptors (Lipinski definition) is 3. The van der Waals surface area contributed by atoms with Crippen molar-refractivity contribution >= 4 is 12.0 Å². The highest BCUT2D eigenvalue weighted by Gasteiger charge is 2.36. The molecule has 0 spiro atoms. The van der Waals surface area contributed by atoms with Gasteiger partial charge >= 0.3 is 6.09 Å². The lowest BCUT2D eigenvalue weighted by Crippen LogP contribution is -2.53. The van der Waals surface area contributed by atoms with Gasteiger partial charge in [0.15, 0.2) is 0 Å². The summed E-state index contributed by atoms with van der Waals surface area (Å²) in [6, 6.07) is -0.347. The van der Waals surface area contributed by atoms with E-state index in [0.717, 1.165) is 0 Å². The molecule has 2 N–H and O–H groups in total. The molecule has 110 valence electrons. The summed E-state index contributed by atoms with van der Waals surface area (Å²) in [6.07, 6.45) is 1.79. The van der Waals surface area contributed by atoms with Gasteiger partial charge in [-0.25, -0.2) is 4.79 Å². The molecule has 0 heterocycles. The van der Waals surface area contributed by atoms with Gasteiger partial charge in [0.2, 0.25) is 5.91 Å². The van der Waals surface area contributed by atoms with Crippen LogP contribution in [0.1, 0.15) is 40.5 Å². The first kappa shape index (κ1) is 15.8. The number of carbonyl (C=O) groups excluding carboxylic acids is 2. The maximum absolute atomic E-state index is 12.3. The lowest BCUT2D eigenvalue weighted by Gasteiger charge is -2.27. The fourth-order valence-electron chi connectivity index (χ4n) is 2.26. The number of rotatable bonds is 6. The zero-order chi connectivity index (χ0) is 14.6. The van der Waals surface area contributed by atoms with Crippen LogP contribution in [0.25, 0.3) is 0 Å². The third kappa shape index (κ3) is 4.73. The molecule has 0 aliphatic heterocycles. The molecular formula is C14H26N2O3. The molecule has 1 fully saturated rings. The van der Waals surface area contributed by atoms with E-state index in [4.69, 9.17) is 0 Å². The van der Waals surface area contributed by atoms with E-state index in [-0.39, 0.29) is 17.9 Å². The third-order valence-electron chi connectivity index (χ3n) is 3.56. The quantitative estimate of drug-likeness (QED) is 0.775. The van der Waals surface area contributed by atoms with Gasteiger partial charge in [0.05, 0.1) is 7.11 Å². The largest absolute Gasteiger partial charge is 0.453 e. The topological polar surface area (TPSA) is 67.4 Å². The molecule has 0 aromatic heterocycles. The highest BCUT2D eigenvalue weighted by Crippen LogP contribution is 2.35. The van der Waals surface area contributed by atoms with Crippen molar-refractivity contribution in [2.45, 2.75) is 52.6 Å². The molecule has 5 nitrogen and oxygen atoms in total. The van der Waals surface area contributed by atoms with Gasteiger partial charge in [-0.2, -0.15) is 0 Å². The summed E-state index contributed by atoms with van der Waals surface area (Å²) < 4.78 is 4.56. The average molecular weight is 270 g/mol. The zero-order valence-corrected chi connectivity index (χ0v) is 12.5. The molecule has 0 aromatic carbocycles. The van der Waals surface area contributed by atoms with Crippen LogP contribution in [0, 0.1) is 17.8 Å². The predicted octanol–water partition coefficient (Wildman–Crippen LogP) is 1.92. The van der Waals surface area contributed by atoms with Crippen molar-refractivity contribution in [1.82, 2.24) is 10.6 Å². The molecule has 1 saturated carbocycles. The molecule has 2 amide bonds. The second-order valence-electron chi connectivity index (χ2n) is 5.97. The number of amides is 2. The minimum atomic E-state index is -0.568. The molecule has 0 saturated heterocycles. The van der Waals surface area contributed by atoms with Gasteiger partial charge < -0.3 is 15.4 Å². The first-order valence-corrected chi connectivity index (χ1v) is 7.01. The van der Waals surface area contributed by atoms with Crippen LogP contribution in [0.4, 0.5) is 4.79 Å². The Morgan fingerprint density at radius 2 is 1.63 bits per heavy atom. The van der Waals surface area contributed by atoms with E-state index in [1.807, 2.05) is 13.8 Å². The van der Waals surface area contributed by atoms with Crippen LogP contribution in [0.15, 0.2) is 0 Å². The van der Waals surface area contributed by atoms with Crippen molar-refractivity contribution in [2.24, 2.45) is 17.8 Å². The zero-order valence-electron chi connectivity index (χ0n) is 12.5. The van der Waals surface area contributed by atoms with Gasteiger partial charge in [0.1, 0.15) is 6.04 Å². The van der Waals surface area contributed by atoms with Gasteiger partial charge in [0.25, 0.3) is 0 Å². The van der Waals surface area contributed by atoms with Crippen molar-refractivity contribution in [3.05, 3.63) is 0 Å². The molecule has 1 aliphatic rings. The average Bonchev–Trinajstić information content (AvgIpc) is 3.15. The highest BCUT2D eigenvalue weighted by atomic mass is 16.5. The third-order valence-corrected chi connectivity index (χ3v) is 3.56. The molecule has 0 bridgehead atoms. The number of ether oxygens (including phenoxy) is 1. The van der Waals surface area contributed by atoms with E-state index >= 15 is 0 Å². The van der Waals surface area contributed by atoms with Crippen LogP contribution in [-0.2, 0) is 9.53 Å². The minimum absolute atomic E-state index is 0.0196. The van der Waals surface area contributed by atoms with E-state index in [2.05, 4.69) is 29.2 Å². The Hall–Kier alpha value is -1.26. The van der Waals surface area contributed by atoms with E-state index < -0.39 is 12.1 Å². The summed E-state index contributed by atoms with van der Waals surface area (Å²) >= 11 is 0. The van der Waals surface area contributed by atoms with E-state index in [0.29, 0.717) is 11.8 Å². The van der Waals surface area contributed by atoms with Gasteiger partial charge in [-0.3, -0.25) is 4.79 Å². The second kappa shape index (κ2) is 6.78. The lowest BCUT2D eigenvalue weighted by atomic mass is 9.97. The van der Waals surface area contributed by atoms with Crippen molar-refractivity contribution in [3.8, 4) is 0 Å². The highest BCUT2D eigenvalue weighted by molar-refractivity contribution is 5.86. The molecule has 2 atom stereocenters. The maximum atomic E-state index is 12.3. The summed E-state index contributed by atoms with van der Waals surface area (Å²) in [5.74, 6) is 0.898. The fraction of sp³-hybridized carbons (Fsp3) is 0.857. The molecular weight excluding hydrogens is 244 g/mol. The Kier molecular flexibility index (Phi) is 5.63. The lowest BCUT2D eigenvalue weighted by molar-refractivity contribution is -0.125. The Morgan fingerprint density at radius 3 is 2.00 bits per heavy atom. The normalized spacial score (nSPS) is 18.1. The number of hydrogen-bond donors (Lipinski definition) is 2. The second-order valence-corrected chi connectivity index (χ2v) is 5.97. The monoisotopic (exact) mass is 270 g/mol. The van der Waals surface area contributed by atoms with Gasteiger partial charge in [-0.05, 0) is 30.6 Å². The summed E-state index contributed by atoms with van der Waals surface area (Å²) in [6.45, 7) is 8.03. The van der Waals surface area contributed by atoms with Crippen molar-refractivity contribution in [2.75, 3.05) is 7.11 Å². The van der Waals surface area contributed by atoms with Crippen molar-refractivity contribution in [1.29, 1.82) is 0 Å². The summed E-state index contributed by atoms with van der Waals surface area (Å²) in [5, 5.41) is 5.68. The van der Waals surface area contributed by atoms with Crippen LogP contribution in [-0.4, -0.2) is 31.2 Å². The molecule has 5 heteroatoms. The van der Waals surface area contributed by atoms with E-state index in [1.54, 1.807) is 0 Å². The Labute approximate surface area is 115 Å².